The maximum absolute atomic E-state index is 12.8. The predicted octanol–water partition coefficient (Wildman–Crippen LogP) is 2.18. The minimum Gasteiger partial charge on any atom is -0.482 e. The number of ether oxygens (including phenoxy) is 1. The third-order valence-corrected chi connectivity index (χ3v) is 1.68. The second-order valence-electron chi connectivity index (χ2n) is 2.87. The fraction of sp³-hybridized carbons (Fsp3) is 0.300. The van der Waals surface area contributed by atoms with Crippen molar-refractivity contribution in [2.75, 3.05) is 6.61 Å². The van der Waals surface area contributed by atoms with Crippen LogP contribution in [0.1, 0.15) is 18.7 Å². The monoisotopic (exact) mass is 198 g/mol. The fourth-order valence-electron chi connectivity index (χ4n) is 0.997. The van der Waals surface area contributed by atoms with Crippen LogP contribution in [-0.4, -0.2) is 17.7 Å². The van der Waals surface area contributed by atoms with Gasteiger partial charge in [0.15, 0.2) is 6.61 Å². The second kappa shape index (κ2) is 4.60. The topological polar surface area (TPSA) is 46.5 Å². The molecule has 1 atom stereocenters. The number of carbonyl (C=O) groups is 1. The van der Waals surface area contributed by atoms with Gasteiger partial charge in [0, 0.05) is 0 Å². The number of alkyl halides is 1. The summed E-state index contributed by atoms with van der Waals surface area (Å²) in [5.74, 6) is -0.682. The van der Waals surface area contributed by atoms with Crippen molar-refractivity contribution in [3.05, 3.63) is 29.8 Å². The number of carboxylic acids is 1. The number of rotatable bonds is 4. The van der Waals surface area contributed by atoms with Gasteiger partial charge in [0.05, 0.1) is 0 Å². The Morgan fingerprint density at radius 2 is 2.36 bits per heavy atom. The second-order valence-corrected chi connectivity index (χ2v) is 2.87. The first-order valence-electron chi connectivity index (χ1n) is 4.18. The van der Waals surface area contributed by atoms with Crippen LogP contribution < -0.4 is 4.74 Å². The molecule has 0 aliphatic carbocycles. The van der Waals surface area contributed by atoms with Crippen LogP contribution in [0.4, 0.5) is 4.39 Å². The molecule has 1 aromatic carbocycles. The molecule has 0 aliphatic heterocycles. The molecule has 1 aromatic rings. The number of carboxylic acid groups (broad SMARTS) is 1. The van der Waals surface area contributed by atoms with E-state index in [9.17, 15) is 9.18 Å². The van der Waals surface area contributed by atoms with E-state index in [2.05, 4.69) is 0 Å². The standard InChI is InChI=1S/C10H11FO3/c1-7(11)8-3-2-4-9(5-8)14-6-10(12)13/h2-5,7H,6H2,1H3,(H,12,13). The highest BCUT2D eigenvalue weighted by Crippen LogP contribution is 2.21. The zero-order chi connectivity index (χ0) is 10.6. The number of halogens is 1. The minimum atomic E-state index is -1.08. The summed E-state index contributed by atoms with van der Waals surface area (Å²) in [6, 6.07) is 6.34. The summed E-state index contributed by atoms with van der Waals surface area (Å²) in [6.45, 7) is 1.00. The van der Waals surface area contributed by atoms with Crippen LogP contribution in [0.25, 0.3) is 0 Å². The lowest BCUT2D eigenvalue weighted by Crippen LogP contribution is -2.09. The molecule has 1 unspecified atom stereocenters. The van der Waals surface area contributed by atoms with Gasteiger partial charge in [-0.05, 0) is 24.6 Å². The van der Waals surface area contributed by atoms with Gasteiger partial charge in [0.1, 0.15) is 11.9 Å². The molecule has 14 heavy (non-hydrogen) atoms. The summed E-state index contributed by atoms with van der Waals surface area (Å²) in [6.07, 6.45) is -1.08. The van der Waals surface area contributed by atoms with Gasteiger partial charge in [-0.2, -0.15) is 0 Å². The fourth-order valence-corrected chi connectivity index (χ4v) is 0.997. The molecule has 3 nitrogen and oxygen atoms in total. The van der Waals surface area contributed by atoms with E-state index in [1.54, 1.807) is 18.2 Å². The lowest BCUT2D eigenvalue weighted by molar-refractivity contribution is -0.139. The van der Waals surface area contributed by atoms with Crippen LogP contribution in [0.15, 0.2) is 24.3 Å². The van der Waals surface area contributed by atoms with Gasteiger partial charge in [-0.3, -0.25) is 0 Å². The van der Waals surface area contributed by atoms with Crippen LogP contribution in [0.2, 0.25) is 0 Å². The van der Waals surface area contributed by atoms with Crippen molar-refractivity contribution >= 4 is 5.97 Å². The van der Waals surface area contributed by atoms with Crippen molar-refractivity contribution < 1.29 is 19.0 Å². The third-order valence-electron chi connectivity index (χ3n) is 1.68. The van der Waals surface area contributed by atoms with Crippen molar-refractivity contribution in [3.8, 4) is 5.75 Å². The highest BCUT2D eigenvalue weighted by atomic mass is 19.1. The van der Waals surface area contributed by atoms with Crippen LogP contribution >= 0.6 is 0 Å². The van der Waals surface area contributed by atoms with E-state index in [1.807, 2.05) is 0 Å². The maximum Gasteiger partial charge on any atom is 0.341 e. The molecule has 0 heterocycles. The van der Waals surface area contributed by atoms with E-state index < -0.39 is 18.7 Å². The van der Waals surface area contributed by atoms with Crippen molar-refractivity contribution in [1.82, 2.24) is 0 Å². The highest BCUT2D eigenvalue weighted by molar-refractivity contribution is 5.68. The van der Waals surface area contributed by atoms with E-state index in [0.29, 0.717) is 11.3 Å². The smallest absolute Gasteiger partial charge is 0.341 e. The molecule has 1 N–H and O–H groups in total. The summed E-state index contributed by atoms with van der Waals surface area (Å²) in [5.41, 5.74) is 0.480. The lowest BCUT2D eigenvalue weighted by atomic mass is 10.1. The summed E-state index contributed by atoms with van der Waals surface area (Å²) in [4.78, 5) is 10.2. The molecule has 0 radical (unpaired) electrons. The SMILES string of the molecule is CC(F)c1cccc(OCC(=O)O)c1. The summed E-state index contributed by atoms with van der Waals surface area (Å²) in [5, 5.41) is 8.35. The van der Waals surface area contributed by atoms with Gasteiger partial charge in [-0.1, -0.05) is 12.1 Å². The molecule has 1 rings (SSSR count). The Kier molecular flexibility index (Phi) is 3.45. The van der Waals surface area contributed by atoms with Gasteiger partial charge in [-0.25, -0.2) is 9.18 Å². The maximum atomic E-state index is 12.8. The molecule has 0 fully saturated rings. The Hall–Kier alpha value is -1.58. The molecule has 0 saturated carbocycles. The van der Waals surface area contributed by atoms with Crippen molar-refractivity contribution in [2.45, 2.75) is 13.1 Å². The Bertz CT molecular complexity index is 323. The zero-order valence-corrected chi connectivity index (χ0v) is 7.74. The van der Waals surface area contributed by atoms with E-state index in [-0.39, 0.29) is 0 Å². The molecule has 76 valence electrons. The number of hydrogen-bond acceptors (Lipinski definition) is 2. The molecule has 0 saturated heterocycles. The van der Waals surface area contributed by atoms with Crippen LogP contribution in [0, 0.1) is 0 Å². The number of aliphatic carboxylic acids is 1. The normalized spacial score (nSPS) is 12.1. The molecule has 4 heteroatoms. The Labute approximate surface area is 81.1 Å². The Balaban J connectivity index is 2.68. The quantitative estimate of drug-likeness (QED) is 0.806. The van der Waals surface area contributed by atoms with E-state index in [1.165, 1.54) is 13.0 Å². The molecule has 0 amide bonds. The number of hydrogen-bond donors (Lipinski definition) is 1. The van der Waals surface area contributed by atoms with Gasteiger partial charge < -0.3 is 9.84 Å². The first-order chi connectivity index (χ1) is 6.59. The summed E-state index contributed by atoms with van der Waals surface area (Å²) < 4.78 is 17.7. The van der Waals surface area contributed by atoms with Gasteiger partial charge in [-0.15, -0.1) is 0 Å². The molecule has 0 spiro atoms. The molecular formula is C10H11FO3. The van der Waals surface area contributed by atoms with Crippen LogP contribution in [0.3, 0.4) is 0 Å². The van der Waals surface area contributed by atoms with E-state index >= 15 is 0 Å². The molecule has 0 bridgehead atoms. The number of benzene rings is 1. The Morgan fingerprint density at radius 3 is 2.93 bits per heavy atom. The van der Waals surface area contributed by atoms with Crippen molar-refractivity contribution in [2.24, 2.45) is 0 Å². The molecule has 0 aromatic heterocycles. The van der Waals surface area contributed by atoms with Gasteiger partial charge >= 0.3 is 5.97 Å². The predicted molar refractivity (Wildman–Crippen MR) is 49.1 cm³/mol. The van der Waals surface area contributed by atoms with Crippen molar-refractivity contribution in [1.29, 1.82) is 0 Å². The average Bonchev–Trinajstić information content (AvgIpc) is 2.15. The Morgan fingerprint density at radius 1 is 1.64 bits per heavy atom. The van der Waals surface area contributed by atoms with Crippen molar-refractivity contribution in [3.63, 3.8) is 0 Å². The largest absolute Gasteiger partial charge is 0.482 e. The van der Waals surface area contributed by atoms with E-state index in [4.69, 9.17) is 9.84 Å². The minimum absolute atomic E-state index is 0.370. The molecular weight excluding hydrogens is 187 g/mol. The van der Waals surface area contributed by atoms with Crippen LogP contribution in [-0.2, 0) is 4.79 Å². The van der Waals surface area contributed by atoms with Crippen LogP contribution in [0.5, 0.6) is 5.75 Å². The first-order valence-corrected chi connectivity index (χ1v) is 4.18. The van der Waals surface area contributed by atoms with Gasteiger partial charge in [0.2, 0.25) is 0 Å². The summed E-state index contributed by atoms with van der Waals surface area (Å²) in [7, 11) is 0. The third kappa shape index (κ3) is 3.05. The highest BCUT2D eigenvalue weighted by Gasteiger charge is 2.04. The first kappa shape index (κ1) is 10.5. The van der Waals surface area contributed by atoms with E-state index in [0.717, 1.165) is 0 Å². The molecule has 0 aliphatic rings. The summed E-state index contributed by atoms with van der Waals surface area (Å²) >= 11 is 0. The van der Waals surface area contributed by atoms with Gasteiger partial charge in [0.25, 0.3) is 0 Å². The lowest BCUT2D eigenvalue weighted by Gasteiger charge is -2.06. The zero-order valence-electron chi connectivity index (χ0n) is 7.74. The average molecular weight is 198 g/mol.